The largest absolute Gasteiger partial charge is 0.394 e. The number of ether oxygens (including phenoxy) is 1. The molecule has 1 fully saturated rings. The highest BCUT2D eigenvalue weighted by Crippen LogP contribution is 2.38. The van der Waals surface area contributed by atoms with Crippen molar-refractivity contribution in [3.05, 3.63) is 76.2 Å². The summed E-state index contributed by atoms with van der Waals surface area (Å²) in [4.78, 5) is 4.29. The van der Waals surface area contributed by atoms with Crippen molar-refractivity contribution in [2.45, 2.75) is 30.8 Å². The molecule has 14 heteroatoms. The highest BCUT2D eigenvalue weighted by molar-refractivity contribution is 6.42. The molecule has 2 aromatic heterocycles. The average molecular weight is 541 g/mol. The van der Waals surface area contributed by atoms with Gasteiger partial charge in [0.05, 0.1) is 34.6 Å². The van der Waals surface area contributed by atoms with E-state index in [1.807, 2.05) is 0 Å². The van der Waals surface area contributed by atoms with E-state index in [0.29, 0.717) is 21.6 Å². The van der Waals surface area contributed by atoms with Crippen molar-refractivity contribution in [3.8, 4) is 16.9 Å². The summed E-state index contributed by atoms with van der Waals surface area (Å²) in [6.45, 7) is -0.509. The lowest BCUT2D eigenvalue weighted by Gasteiger charge is -2.38. The van der Waals surface area contributed by atoms with E-state index in [9.17, 15) is 23.4 Å². The van der Waals surface area contributed by atoms with Crippen LogP contribution in [0.3, 0.4) is 0 Å². The lowest BCUT2D eigenvalue weighted by atomic mass is 9.95. The molecular weight excluding hydrogens is 524 g/mol. The molecule has 9 nitrogen and oxygen atoms in total. The number of hydrogen-bond acceptors (Lipinski definition) is 7. The van der Waals surface area contributed by atoms with E-state index in [1.165, 1.54) is 21.9 Å². The fourth-order valence-corrected chi connectivity index (χ4v) is 4.39. The molecule has 0 radical (unpaired) electrons. The molecule has 0 aliphatic carbocycles. The Hall–Kier alpha value is -3.03. The number of halogens is 5. The highest BCUT2D eigenvalue weighted by atomic mass is 35.5. The van der Waals surface area contributed by atoms with Crippen LogP contribution in [0.1, 0.15) is 24.4 Å². The van der Waals surface area contributed by atoms with Gasteiger partial charge in [0.25, 0.3) is 0 Å². The van der Waals surface area contributed by atoms with Crippen LogP contribution in [0, 0.1) is 17.5 Å². The molecule has 4 aromatic rings. The van der Waals surface area contributed by atoms with Gasteiger partial charge in [-0.1, -0.05) is 28.4 Å². The van der Waals surface area contributed by atoms with Gasteiger partial charge in [-0.15, -0.1) is 5.10 Å². The van der Waals surface area contributed by atoms with E-state index >= 15 is 0 Å². The molecule has 188 valence electrons. The Morgan fingerprint density at radius 2 is 1.83 bits per heavy atom. The third kappa shape index (κ3) is 4.46. The second kappa shape index (κ2) is 9.79. The summed E-state index contributed by atoms with van der Waals surface area (Å²) >= 11 is 12.2. The number of aliphatic hydroxyl groups is 2. The van der Waals surface area contributed by atoms with Crippen LogP contribution in [-0.4, -0.2) is 58.8 Å². The van der Waals surface area contributed by atoms with Gasteiger partial charge in [-0.3, -0.25) is 0 Å². The first kappa shape index (κ1) is 24.7. The topological polar surface area (TPSA) is 111 Å². The summed E-state index contributed by atoms with van der Waals surface area (Å²) in [7, 11) is 0. The molecule has 0 saturated carbocycles. The van der Waals surface area contributed by atoms with E-state index < -0.39 is 48.4 Å². The molecule has 2 aromatic carbocycles. The molecule has 2 N–H and O–H groups in total. The minimum atomic E-state index is -1.59. The minimum absolute atomic E-state index is 0.0335. The van der Waals surface area contributed by atoms with Gasteiger partial charge in [0.2, 0.25) is 0 Å². The van der Waals surface area contributed by atoms with Gasteiger partial charge >= 0.3 is 0 Å². The summed E-state index contributed by atoms with van der Waals surface area (Å²) in [5, 5.41) is 33.5. The molecule has 36 heavy (non-hydrogen) atoms. The molecule has 3 heterocycles. The third-order valence-corrected chi connectivity index (χ3v) is 6.63. The van der Waals surface area contributed by atoms with E-state index in [0.717, 1.165) is 12.1 Å². The predicted octanol–water partition coefficient (Wildman–Crippen LogP) is 3.67. The Morgan fingerprint density at radius 3 is 2.53 bits per heavy atom. The first-order chi connectivity index (χ1) is 17.3. The lowest BCUT2D eigenvalue weighted by molar-refractivity contribution is -0.161. The van der Waals surface area contributed by atoms with E-state index in [2.05, 4.69) is 20.4 Å². The van der Waals surface area contributed by atoms with Crippen molar-refractivity contribution in [2.24, 2.45) is 0 Å². The normalized spacial score (nSPS) is 22.2. The molecule has 5 rings (SSSR count). The first-order valence-corrected chi connectivity index (χ1v) is 11.4. The average Bonchev–Trinajstić information content (AvgIpc) is 3.54. The van der Waals surface area contributed by atoms with Gasteiger partial charge in [0.15, 0.2) is 23.3 Å². The number of benzene rings is 2. The van der Waals surface area contributed by atoms with Gasteiger partial charge in [-0.25, -0.2) is 27.5 Å². The van der Waals surface area contributed by atoms with Crippen LogP contribution in [0.2, 0.25) is 10.0 Å². The Bertz CT molecular complexity index is 1390. The molecule has 4 atom stereocenters. The number of rotatable bonds is 5. The number of aliphatic hydroxyl groups excluding tert-OH is 2. The Labute approximate surface area is 211 Å². The lowest BCUT2D eigenvalue weighted by Crippen LogP contribution is -2.45. The third-order valence-electron chi connectivity index (χ3n) is 5.89. The zero-order valence-electron chi connectivity index (χ0n) is 18.1. The Morgan fingerprint density at radius 1 is 1.08 bits per heavy atom. The van der Waals surface area contributed by atoms with E-state index in [4.69, 9.17) is 27.9 Å². The van der Waals surface area contributed by atoms with Crippen molar-refractivity contribution < 1.29 is 28.1 Å². The Balaban J connectivity index is 1.47. The second-order valence-electron chi connectivity index (χ2n) is 8.11. The predicted molar refractivity (Wildman–Crippen MR) is 121 cm³/mol. The standard InChI is InChI=1S/C22H17Cl2F3N6O3/c23-12-2-1-11(5-13(12)24)33-22(28-9-29-33)18-6-17(21(35)19(8-34)36-18)32-7-16(30-31-32)10-3-14(25)20(27)15(26)4-10/h1-5,7,9,17-19,21,34-35H,6,8H2/t17-,18-,19-,21-/m1/s1. The van der Waals surface area contributed by atoms with Gasteiger partial charge in [-0.2, -0.15) is 5.10 Å². The van der Waals surface area contributed by atoms with E-state index in [1.54, 1.807) is 18.2 Å². The van der Waals surface area contributed by atoms with Crippen molar-refractivity contribution in [1.29, 1.82) is 0 Å². The fourth-order valence-electron chi connectivity index (χ4n) is 4.10. The zero-order valence-corrected chi connectivity index (χ0v) is 19.7. The van der Waals surface area contributed by atoms with Crippen LogP contribution < -0.4 is 0 Å². The molecule has 0 bridgehead atoms. The molecule has 1 aliphatic rings. The van der Waals surface area contributed by atoms with Gasteiger partial charge in [-0.05, 0) is 30.3 Å². The van der Waals surface area contributed by atoms with Crippen LogP contribution in [-0.2, 0) is 4.74 Å². The number of aromatic nitrogens is 6. The maximum atomic E-state index is 13.7. The molecule has 1 saturated heterocycles. The van der Waals surface area contributed by atoms with Crippen molar-refractivity contribution in [1.82, 2.24) is 29.8 Å². The molecule has 0 unspecified atom stereocenters. The van der Waals surface area contributed by atoms with Crippen LogP contribution >= 0.6 is 23.2 Å². The molecule has 0 amide bonds. The van der Waals surface area contributed by atoms with Gasteiger partial charge < -0.3 is 14.9 Å². The Kier molecular flexibility index (Phi) is 6.70. The SMILES string of the molecule is OC[C@H]1O[C@@H](c2ncnn2-c2ccc(Cl)c(Cl)c2)C[C@@H](n2cc(-c3cc(F)c(F)c(F)c3)nn2)[C@H]1O. The van der Waals surface area contributed by atoms with E-state index in [-0.39, 0.29) is 17.7 Å². The summed E-state index contributed by atoms with van der Waals surface area (Å²) in [6.07, 6.45) is -0.154. The quantitative estimate of drug-likeness (QED) is 0.371. The number of hydrogen-bond donors (Lipinski definition) is 2. The fraction of sp³-hybridized carbons (Fsp3) is 0.273. The van der Waals surface area contributed by atoms with Crippen molar-refractivity contribution in [2.75, 3.05) is 6.61 Å². The summed E-state index contributed by atoms with van der Waals surface area (Å²) in [5.41, 5.74) is 0.587. The smallest absolute Gasteiger partial charge is 0.194 e. The van der Waals surface area contributed by atoms with Crippen molar-refractivity contribution >= 4 is 23.2 Å². The van der Waals surface area contributed by atoms with Crippen molar-refractivity contribution in [3.63, 3.8) is 0 Å². The summed E-state index contributed by atoms with van der Waals surface area (Å²) in [5.74, 6) is -3.96. The number of nitrogens with zero attached hydrogens (tertiary/aromatic N) is 6. The molecule has 1 aliphatic heterocycles. The highest BCUT2D eigenvalue weighted by Gasteiger charge is 2.41. The zero-order chi connectivity index (χ0) is 25.6. The molecular formula is C22H17Cl2F3N6O3. The van der Waals surface area contributed by atoms with Gasteiger partial charge in [0, 0.05) is 12.0 Å². The van der Waals surface area contributed by atoms with Gasteiger partial charge in [0.1, 0.15) is 30.3 Å². The second-order valence-corrected chi connectivity index (χ2v) is 8.92. The van der Waals surface area contributed by atoms with Crippen LogP contribution in [0.5, 0.6) is 0 Å². The maximum Gasteiger partial charge on any atom is 0.194 e. The monoisotopic (exact) mass is 540 g/mol. The first-order valence-electron chi connectivity index (χ1n) is 10.6. The summed E-state index contributed by atoms with van der Waals surface area (Å²) in [6, 6.07) is 5.73. The van der Waals surface area contributed by atoms with Crippen LogP contribution in [0.15, 0.2) is 42.9 Å². The maximum absolute atomic E-state index is 13.7. The van der Waals surface area contributed by atoms with Crippen LogP contribution in [0.4, 0.5) is 13.2 Å². The minimum Gasteiger partial charge on any atom is -0.394 e. The molecule has 0 spiro atoms. The summed E-state index contributed by atoms with van der Waals surface area (Å²) < 4.78 is 49.4. The van der Waals surface area contributed by atoms with Crippen LogP contribution in [0.25, 0.3) is 16.9 Å².